The minimum Gasteiger partial charge on any atom is -0.393 e. The molecule has 620 valence electrons. The highest BCUT2D eigenvalue weighted by molar-refractivity contribution is 4.67. The fourth-order valence-electron chi connectivity index (χ4n) is 9.65. The van der Waals surface area contributed by atoms with E-state index in [0.717, 1.165) is 139 Å². The van der Waals surface area contributed by atoms with Gasteiger partial charge in [0.15, 0.2) is 0 Å². The first-order chi connectivity index (χ1) is 45.3. The van der Waals surface area contributed by atoms with Crippen molar-refractivity contribution in [1.29, 1.82) is 0 Å². The van der Waals surface area contributed by atoms with E-state index in [1.807, 2.05) is 55.4 Å². The lowest BCUT2D eigenvalue weighted by atomic mass is 9.97. The van der Waals surface area contributed by atoms with E-state index in [-0.39, 0.29) is 61.0 Å². The fraction of sp³-hybridized carbons (Fsp3) is 1.00. The van der Waals surface area contributed by atoms with E-state index in [1.165, 1.54) is 12.8 Å². The van der Waals surface area contributed by atoms with Crippen molar-refractivity contribution in [1.82, 2.24) is 0 Å². The molecule has 0 saturated heterocycles. The second kappa shape index (κ2) is 78.2. The van der Waals surface area contributed by atoms with Crippen molar-refractivity contribution in [2.24, 2.45) is 118 Å². The normalized spacial score (nSPS) is 14.2. The molecule has 0 aromatic heterocycles. The molecule has 10 heteroatoms. The fourth-order valence-corrected chi connectivity index (χ4v) is 9.65. The Morgan fingerprint density at radius 2 is 0.310 bits per heavy atom. The lowest BCUT2D eigenvalue weighted by Crippen LogP contribution is -2.20. The molecule has 10 nitrogen and oxygen atoms in total. The van der Waals surface area contributed by atoms with Crippen LogP contribution >= 0.6 is 0 Å². The maximum absolute atomic E-state index is 9.47. The van der Waals surface area contributed by atoms with Gasteiger partial charge >= 0.3 is 0 Å². The van der Waals surface area contributed by atoms with Gasteiger partial charge in [-0.25, -0.2) is 0 Å². The minimum atomic E-state index is -0.130. The molecule has 0 heterocycles. The molecule has 8 unspecified atom stereocenters. The minimum absolute atomic E-state index is 0.0719. The Labute approximate surface area is 632 Å². The molecule has 0 radical (unpaired) electrons. The lowest BCUT2D eigenvalue weighted by molar-refractivity contribution is 0.0801. The highest BCUT2D eigenvalue weighted by atomic mass is 16.3. The highest BCUT2D eigenvalue weighted by Crippen LogP contribution is 2.20. The molecule has 0 spiro atoms. The Morgan fingerprint density at radius 3 is 0.450 bits per heavy atom. The second-order valence-corrected chi connectivity index (χ2v) is 38.1. The molecule has 0 aliphatic carbocycles. The molecular formula is C90H200O10. The highest BCUT2D eigenvalue weighted by Gasteiger charge is 2.16. The molecule has 0 aliphatic rings. The third-order valence-corrected chi connectivity index (χ3v) is 17.2. The van der Waals surface area contributed by atoms with E-state index < -0.39 is 0 Å². The molecule has 0 saturated carbocycles. The van der Waals surface area contributed by atoms with Crippen molar-refractivity contribution >= 4 is 0 Å². The van der Waals surface area contributed by atoms with Crippen LogP contribution in [0, 0.1) is 118 Å². The van der Waals surface area contributed by atoms with Gasteiger partial charge in [0.25, 0.3) is 0 Å². The predicted octanol–water partition coefficient (Wildman–Crippen LogP) is 24.4. The van der Waals surface area contributed by atoms with Crippen LogP contribution < -0.4 is 0 Å². The average molecular weight is 1440 g/mol. The van der Waals surface area contributed by atoms with E-state index in [4.69, 9.17) is 0 Å². The quantitative estimate of drug-likeness (QED) is 0.0281. The van der Waals surface area contributed by atoms with Crippen LogP contribution in [0.15, 0.2) is 0 Å². The second-order valence-electron chi connectivity index (χ2n) is 38.1. The van der Waals surface area contributed by atoms with Gasteiger partial charge in [0.05, 0.1) is 61.0 Å². The first-order valence-electron chi connectivity index (χ1n) is 42.1. The molecule has 100 heavy (non-hydrogen) atoms. The van der Waals surface area contributed by atoms with Gasteiger partial charge in [-0.1, -0.05) is 303 Å². The van der Waals surface area contributed by atoms with E-state index in [9.17, 15) is 51.1 Å². The maximum Gasteiger partial charge on any atom is 0.0586 e. The summed E-state index contributed by atoms with van der Waals surface area (Å²) in [7, 11) is 0. The summed E-state index contributed by atoms with van der Waals surface area (Å²) in [4.78, 5) is 0. The van der Waals surface area contributed by atoms with Crippen LogP contribution in [-0.4, -0.2) is 112 Å². The van der Waals surface area contributed by atoms with E-state index in [1.54, 1.807) is 0 Å². The van der Waals surface area contributed by atoms with Gasteiger partial charge in [0, 0.05) is 0 Å². The molecule has 0 rings (SSSR count). The first kappa shape index (κ1) is 121. The van der Waals surface area contributed by atoms with Crippen LogP contribution in [0.3, 0.4) is 0 Å². The summed E-state index contributed by atoms with van der Waals surface area (Å²) in [6.07, 6.45) is 19.9. The van der Waals surface area contributed by atoms with Gasteiger partial charge in [-0.2, -0.15) is 0 Å². The van der Waals surface area contributed by atoms with Crippen molar-refractivity contribution in [2.75, 3.05) is 0 Å². The molecule has 0 aromatic rings. The van der Waals surface area contributed by atoms with Crippen molar-refractivity contribution in [3.8, 4) is 0 Å². The number of hydrogen-bond donors (Lipinski definition) is 10. The summed E-state index contributed by atoms with van der Waals surface area (Å²) >= 11 is 0. The Morgan fingerprint density at radius 1 is 0.140 bits per heavy atom. The molecule has 0 amide bonds. The van der Waals surface area contributed by atoms with Crippen LogP contribution in [0.2, 0.25) is 0 Å². The van der Waals surface area contributed by atoms with Gasteiger partial charge in [-0.05, 0) is 221 Å². The smallest absolute Gasteiger partial charge is 0.0586 e. The Hall–Kier alpha value is -0.400. The molecule has 0 aliphatic heterocycles. The maximum atomic E-state index is 9.47. The third-order valence-electron chi connectivity index (χ3n) is 17.2. The number of aliphatic hydroxyl groups is 10. The zero-order valence-electron chi connectivity index (χ0n) is 75.9. The third kappa shape index (κ3) is 119. The van der Waals surface area contributed by atoms with E-state index >= 15 is 0 Å². The molecule has 0 fully saturated rings. The van der Waals surface area contributed by atoms with Crippen LogP contribution in [0.4, 0.5) is 0 Å². The van der Waals surface area contributed by atoms with E-state index in [0.29, 0.717) is 94.7 Å². The van der Waals surface area contributed by atoms with Gasteiger partial charge in [0.2, 0.25) is 0 Å². The van der Waals surface area contributed by atoms with E-state index in [2.05, 4.69) is 222 Å². The number of hydrogen-bond acceptors (Lipinski definition) is 10. The molecule has 0 aromatic carbocycles. The molecule has 0 bridgehead atoms. The van der Waals surface area contributed by atoms with Crippen molar-refractivity contribution in [3.05, 3.63) is 0 Å². The largest absolute Gasteiger partial charge is 0.393 e. The zero-order chi connectivity index (χ0) is 81.5. The SMILES string of the molecule is CC(C)C(O)C(C)C.CC(C)CC(O)C(C)C.CC(C)CC(O)C(C)C.CC(C)CC(O)CC(C)C.CC(C)CCC(O)C(C)C.CC(C)CCC(O)C(C)C.CC(C)CCC(O)CC(C)C.CC(C)CCC(O)CC(C)C.CC(C)CCCC(O)C(C)C.CC(C)CCCC(O)C(C)C. The van der Waals surface area contributed by atoms with Gasteiger partial charge in [0.1, 0.15) is 0 Å². The average Bonchev–Trinajstić information content (AvgIpc) is 1.45. The van der Waals surface area contributed by atoms with Crippen LogP contribution in [0.1, 0.15) is 405 Å². The standard InChI is InChI=1S/4C10H22O.3C9H20O.2C8H18O.C7H16O/c2*1-8(2)5-6-10(11)7-9(3)4;2*1-8(2)6-5-7-10(11)9(3)4;1-7(2)5-9(10)6-8(3)4;2*1-7(2)5-6-9(10)8(3)4;2*1-6(2)5-8(9)7(3)4;1-5(2)7(8)6(3)4/h4*8-11H,5-7H2,1-4H3;3*7-10H,5-6H2,1-4H3;2*6-9H,5H2,1-4H3;5-8H,1-4H3. The van der Waals surface area contributed by atoms with Gasteiger partial charge < -0.3 is 51.1 Å². The van der Waals surface area contributed by atoms with Crippen molar-refractivity contribution in [2.45, 2.75) is 466 Å². The Bertz CT molecular complexity index is 1390. The topological polar surface area (TPSA) is 202 Å². The number of aliphatic hydroxyl groups excluding tert-OH is 10. The Balaban J connectivity index is -0.000000113. The van der Waals surface area contributed by atoms with Crippen LogP contribution in [-0.2, 0) is 0 Å². The number of rotatable bonds is 40. The molecule has 10 N–H and O–H groups in total. The summed E-state index contributed by atoms with van der Waals surface area (Å²) in [6.45, 7) is 85.0. The summed E-state index contributed by atoms with van der Waals surface area (Å²) in [5.74, 6) is 11.4. The predicted molar refractivity (Wildman–Crippen MR) is 449 cm³/mol. The van der Waals surface area contributed by atoms with Crippen molar-refractivity contribution in [3.63, 3.8) is 0 Å². The van der Waals surface area contributed by atoms with Gasteiger partial charge in [-0.3, -0.25) is 0 Å². The Kier molecular flexibility index (Phi) is 94.3. The zero-order valence-corrected chi connectivity index (χ0v) is 75.9. The lowest BCUT2D eigenvalue weighted by Gasteiger charge is -2.17. The first-order valence-corrected chi connectivity index (χ1v) is 42.1. The van der Waals surface area contributed by atoms with Crippen LogP contribution in [0.5, 0.6) is 0 Å². The van der Waals surface area contributed by atoms with Crippen molar-refractivity contribution < 1.29 is 51.1 Å². The van der Waals surface area contributed by atoms with Crippen LogP contribution in [0.25, 0.3) is 0 Å². The summed E-state index contributed by atoms with van der Waals surface area (Å²) in [5.41, 5.74) is 0. The molecule has 8 atom stereocenters. The summed E-state index contributed by atoms with van der Waals surface area (Å²) in [5, 5.41) is 93.8. The summed E-state index contributed by atoms with van der Waals surface area (Å²) < 4.78 is 0. The molecular weight excluding hydrogens is 1240 g/mol. The monoisotopic (exact) mass is 1440 g/mol. The van der Waals surface area contributed by atoms with Gasteiger partial charge in [-0.15, -0.1) is 0 Å². The summed E-state index contributed by atoms with van der Waals surface area (Å²) in [6, 6.07) is 0.